The molecule has 0 saturated carbocycles. The molecule has 3 heteroatoms. The number of aromatic hydroxyl groups is 1. The number of rotatable bonds is 3. The van der Waals surface area contributed by atoms with Crippen molar-refractivity contribution in [3.05, 3.63) is 65.6 Å². The molecule has 0 atom stereocenters. The number of benzene rings is 2. The first-order valence-electron chi connectivity index (χ1n) is 6.31. The molecular formula is C17H13NOS. The van der Waals surface area contributed by atoms with Gasteiger partial charge in [-0.3, -0.25) is 4.99 Å². The number of hydrogen-bond donors (Lipinski definition) is 1. The molecular weight excluding hydrogens is 266 g/mol. The van der Waals surface area contributed by atoms with Crippen LogP contribution in [0.25, 0.3) is 16.2 Å². The van der Waals surface area contributed by atoms with Gasteiger partial charge in [0.1, 0.15) is 5.75 Å². The van der Waals surface area contributed by atoms with E-state index >= 15 is 0 Å². The first-order valence-corrected chi connectivity index (χ1v) is 7.12. The molecule has 2 nitrogen and oxygen atoms in total. The highest BCUT2D eigenvalue weighted by Gasteiger charge is 2.06. The Morgan fingerprint density at radius 2 is 1.70 bits per heavy atom. The molecule has 0 aliphatic heterocycles. The van der Waals surface area contributed by atoms with Gasteiger partial charge in [-0.1, -0.05) is 30.3 Å². The van der Waals surface area contributed by atoms with E-state index in [-0.39, 0.29) is 0 Å². The van der Waals surface area contributed by atoms with Gasteiger partial charge >= 0.3 is 0 Å². The van der Waals surface area contributed by atoms with Crippen molar-refractivity contribution in [3.63, 3.8) is 0 Å². The second-order valence-corrected chi connectivity index (χ2v) is 5.37. The number of aliphatic imine (C=N–C) groups is 1. The fourth-order valence-corrected chi connectivity index (χ4v) is 2.95. The Bertz CT molecular complexity index is 772. The average molecular weight is 279 g/mol. The van der Waals surface area contributed by atoms with Crippen LogP contribution in [-0.4, -0.2) is 11.3 Å². The third-order valence-electron chi connectivity index (χ3n) is 2.91. The number of hydrogen-bond acceptors (Lipinski definition) is 3. The van der Waals surface area contributed by atoms with Crippen LogP contribution in [0.15, 0.2) is 65.7 Å². The van der Waals surface area contributed by atoms with Gasteiger partial charge in [-0.2, -0.15) is 0 Å². The Labute approximate surface area is 121 Å². The van der Waals surface area contributed by atoms with Gasteiger partial charge in [0.15, 0.2) is 0 Å². The van der Waals surface area contributed by atoms with Gasteiger partial charge in [-0.25, -0.2) is 0 Å². The molecule has 3 rings (SSSR count). The average Bonchev–Trinajstić information content (AvgIpc) is 2.82. The van der Waals surface area contributed by atoms with Gasteiger partial charge in [0, 0.05) is 16.3 Å². The number of para-hydroxylation sites is 1. The lowest BCUT2D eigenvalue weighted by Crippen LogP contribution is -1.67. The Kier molecular flexibility index (Phi) is 3.61. The van der Waals surface area contributed by atoms with Crippen LogP contribution in [0.1, 0.15) is 4.88 Å². The summed E-state index contributed by atoms with van der Waals surface area (Å²) in [4.78, 5) is 5.17. The first kappa shape index (κ1) is 12.6. The van der Waals surface area contributed by atoms with Crippen LogP contribution in [-0.2, 0) is 0 Å². The standard InChI is InChI=1S/C17H13NOS/c19-17-14-9-4-5-10-15(14)20-16(17)11-6-12-18-13-7-2-1-3-8-13/h1-12,19H. The molecule has 0 amide bonds. The predicted octanol–water partition coefficient (Wildman–Crippen LogP) is 5.02. The van der Waals surface area contributed by atoms with Gasteiger partial charge in [0.2, 0.25) is 0 Å². The lowest BCUT2D eigenvalue weighted by molar-refractivity contribution is 0.482. The Morgan fingerprint density at radius 1 is 0.950 bits per heavy atom. The molecule has 1 aromatic heterocycles. The van der Waals surface area contributed by atoms with E-state index in [2.05, 4.69) is 4.99 Å². The number of thiophene rings is 1. The maximum absolute atomic E-state index is 10.1. The minimum atomic E-state index is 0.343. The molecule has 0 radical (unpaired) electrons. The first-order chi connectivity index (χ1) is 9.84. The van der Waals surface area contributed by atoms with Gasteiger partial charge < -0.3 is 5.11 Å². The smallest absolute Gasteiger partial charge is 0.141 e. The Balaban J connectivity index is 1.81. The van der Waals surface area contributed by atoms with E-state index in [0.717, 1.165) is 20.7 Å². The molecule has 0 spiro atoms. The van der Waals surface area contributed by atoms with Crippen molar-refractivity contribution in [3.8, 4) is 5.75 Å². The topological polar surface area (TPSA) is 32.6 Å². The molecule has 0 saturated heterocycles. The van der Waals surface area contributed by atoms with Gasteiger partial charge in [-0.05, 0) is 36.4 Å². The van der Waals surface area contributed by atoms with Crippen LogP contribution in [0, 0.1) is 0 Å². The van der Waals surface area contributed by atoms with E-state index in [1.54, 1.807) is 17.6 Å². The van der Waals surface area contributed by atoms with Crippen LogP contribution in [0.2, 0.25) is 0 Å². The zero-order valence-electron chi connectivity index (χ0n) is 10.7. The fraction of sp³-hybridized carbons (Fsp3) is 0. The summed E-state index contributed by atoms with van der Waals surface area (Å²) >= 11 is 1.57. The van der Waals surface area contributed by atoms with Crippen LogP contribution in [0.5, 0.6) is 5.75 Å². The molecule has 20 heavy (non-hydrogen) atoms. The summed E-state index contributed by atoms with van der Waals surface area (Å²) in [6.07, 6.45) is 5.46. The summed E-state index contributed by atoms with van der Waals surface area (Å²) < 4.78 is 1.09. The molecule has 1 N–H and O–H groups in total. The second kappa shape index (κ2) is 5.72. The van der Waals surface area contributed by atoms with E-state index in [0.29, 0.717) is 5.75 Å². The number of nitrogens with zero attached hydrogens (tertiary/aromatic N) is 1. The van der Waals surface area contributed by atoms with Crippen LogP contribution in [0.4, 0.5) is 5.69 Å². The predicted molar refractivity (Wildman–Crippen MR) is 87.1 cm³/mol. The van der Waals surface area contributed by atoms with Gasteiger partial charge in [0.05, 0.1) is 10.6 Å². The molecule has 0 unspecified atom stereocenters. The highest BCUT2D eigenvalue weighted by Crippen LogP contribution is 2.37. The molecule has 0 aliphatic rings. The minimum Gasteiger partial charge on any atom is -0.506 e. The van der Waals surface area contributed by atoms with Gasteiger partial charge in [-0.15, -0.1) is 11.3 Å². The number of allylic oxidation sites excluding steroid dienone is 1. The molecule has 3 aromatic rings. The molecule has 0 aliphatic carbocycles. The molecule has 98 valence electrons. The lowest BCUT2D eigenvalue weighted by atomic mass is 10.2. The molecule has 0 fully saturated rings. The quantitative estimate of drug-likeness (QED) is 0.671. The summed E-state index contributed by atoms with van der Waals surface area (Å²) in [7, 11) is 0. The monoisotopic (exact) mass is 279 g/mol. The summed E-state index contributed by atoms with van der Waals surface area (Å²) in [5, 5.41) is 11.0. The van der Waals surface area contributed by atoms with E-state index < -0.39 is 0 Å². The van der Waals surface area contributed by atoms with E-state index in [1.165, 1.54) is 0 Å². The van der Waals surface area contributed by atoms with Crippen molar-refractivity contribution in [2.24, 2.45) is 4.99 Å². The molecule has 0 bridgehead atoms. The zero-order valence-corrected chi connectivity index (χ0v) is 11.5. The van der Waals surface area contributed by atoms with Crippen LogP contribution in [0.3, 0.4) is 0 Å². The van der Waals surface area contributed by atoms with Crippen LogP contribution >= 0.6 is 11.3 Å². The Hall–Kier alpha value is -2.39. The normalized spacial score (nSPS) is 11.8. The summed E-state index contributed by atoms with van der Waals surface area (Å²) in [5.74, 6) is 0.343. The van der Waals surface area contributed by atoms with E-state index in [4.69, 9.17) is 0 Å². The van der Waals surface area contributed by atoms with Crippen molar-refractivity contribution in [1.29, 1.82) is 0 Å². The third kappa shape index (κ3) is 2.63. The SMILES string of the molecule is Oc1c(C=CC=Nc2ccccc2)sc2ccccc12. The number of fused-ring (bicyclic) bond motifs is 1. The maximum atomic E-state index is 10.1. The van der Waals surface area contributed by atoms with Crippen molar-refractivity contribution in [2.75, 3.05) is 0 Å². The largest absolute Gasteiger partial charge is 0.506 e. The molecule has 1 heterocycles. The lowest BCUT2D eigenvalue weighted by Gasteiger charge is -1.90. The second-order valence-electron chi connectivity index (χ2n) is 4.28. The maximum Gasteiger partial charge on any atom is 0.141 e. The van der Waals surface area contributed by atoms with E-state index in [1.807, 2.05) is 66.7 Å². The molecule has 2 aromatic carbocycles. The van der Waals surface area contributed by atoms with Gasteiger partial charge in [0.25, 0.3) is 0 Å². The fourth-order valence-electron chi connectivity index (χ4n) is 1.94. The summed E-state index contributed by atoms with van der Waals surface area (Å²) in [6.45, 7) is 0. The third-order valence-corrected chi connectivity index (χ3v) is 4.03. The van der Waals surface area contributed by atoms with Crippen molar-refractivity contribution in [1.82, 2.24) is 0 Å². The van der Waals surface area contributed by atoms with Crippen molar-refractivity contribution >= 4 is 39.4 Å². The Morgan fingerprint density at radius 3 is 2.50 bits per heavy atom. The highest BCUT2D eigenvalue weighted by molar-refractivity contribution is 7.20. The zero-order chi connectivity index (χ0) is 13.8. The van der Waals surface area contributed by atoms with Crippen molar-refractivity contribution < 1.29 is 5.11 Å². The highest BCUT2D eigenvalue weighted by atomic mass is 32.1. The summed E-state index contributed by atoms with van der Waals surface area (Å²) in [5.41, 5.74) is 0.915. The van der Waals surface area contributed by atoms with E-state index in [9.17, 15) is 5.11 Å². The van der Waals surface area contributed by atoms with Crippen LogP contribution < -0.4 is 0 Å². The van der Waals surface area contributed by atoms with Crippen molar-refractivity contribution in [2.45, 2.75) is 0 Å². The minimum absolute atomic E-state index is 0.343. The summed E-state index contributed by atoms with van der Waals surface area (Å²) in [6, 6.07) is 17.6.